The van der Waals surface area contributed by atoms with Gasteiger partial charge in [0.15, 0.2) is 0 Å². The van der Waals surface area contributed by atoms with E-state index in [2.05, 4.69) is 5.32 Å². The number of amides is 2. The Labute approximate surface area is 243 Å². The van der Waals surface area contributed by atoms with Crippen LogP contribution in [0.2, 0.25) is 5.02 Å². The van der Waals surface area contributed by atoms with E-state index in [1.165, 1.54) is 4.31 Å². The molecule has 9 heteroatoms. The van der Waals surface area contributed by atoms with E-state index in [1.807, 2.05) is 74.5 Å². The Balaban J connectivity index is 1.88. The van der Waals surface area contributed by atoms with E-state index in [4.69, 9.17) is 11.6 Å². The maximum Gasteiger partial charge on any atom is 0.243 e. The first-order valence-electron chi connectivity index (χ1n) is 13.5. The molecule has 0 saturated carbocycles. The van der Waals surface area contributed by atoms with Crippen molar-refractivity contribution in [2.24, 2.45) is 0 Å². The van der Waals surface area contributed by atoms with Crippen molar-refractivity contribution in [2.75, 3.05) is 23.7 Å². The lowest BCUT2D eigenvalue weighted by Crippen LogP contribution is -2.50. The van der Waals surface area contributed by atoms with E-state index >= 15 is 0 Å². The topological polar surface area (TPSA) is 86.8 Å². The van der Waals surface area contributed by atoms with Crippen LogP contribution in [0.1, 0.15) is 42.9 Å². The van der Waals surface area contributed by atoms with Crippen molar-refractivity contribution < 1.29 is 18.0 Å². The molecular formula is C31H38ClN3O4S. The Bertz CT molecular complexity index is 1380. The number of rotatable bonds is 14. The van der Waals surface area contributed by atoms with Gasteiger partial charge in [0.05, 0.1) is 11.9 Å². The molecule has 0 aliphatic carbocycles. The third-order valence-electron chi connectivity index (χ3n) is 6.56. The predicted octanol–water partition coefficient (Wildman–Crippen LogP) is 5.36. The van der Waals surface area contributed by atoms with Gasteiger partial charge in [0.25, 0.3) is 0 Å². The van der Waals surface area contributed by atoms with Gasteiger partial charge in [-0.15, -0.1) is 0 Å². The molecule has 3 aromatic carbocycles. The van der Waals surface area contributed by atoms with E-state index < -0.39 is 16.1 Å². The highest BCUT2D eigenvalue weighted by atomic mass is 35.5. The summed E-state index contributed by atoms with van der Waals surface area (Å²) in [7, 11) is -3.56. The van der Waals surface area contributed by atoms with Gasteiger partial charge < -0.3 is 10.2 Å². The molecule has 3 aromatic rings. The molecule has 1 N–H and O–H groups in total. The van der Waals surface area contributed by atoms with Crippen molar-refractivity contribution >= 4 is 39.1 Å². The summed E-state index contributed by atoms with van der Waals surface area (Å²) in [6.07, 6.45) is 2.62. The zero-order valence-electron chi connectivity index (χ0n) is 23.3. The smallest absolute Gasteiger partial charge is 0.243 e. The second-order valence-electron chi connectivity index (χ2n) is 9.89. The lowest BCUT2D eigenvalue weighted by atomic mass is 10.0. The zero-order valence-corrected chi connectivity index (χ0v) is 24.9. The number of aryl methyl sites for hydroxylation is 1. The SMILES string of the molecule is CCCNC(=O)[C@@H](Cc1ccccc1)N(Cc1ccccc1Cl)C(=O)CCCN(c1cccc(C)c1)S(C)(=O)=O. The molecule has 0 heterocycles. The molecule has 0 saturated heterocycles. The predicted molar refractivity (Wildman–Crippen MR) is 162 cm³/mol. The van der Waals surface area contributed by atoms with Crippen molar-refractivity contribution in [1.82, 2.24) is 10.2 Å². The summed E-state index contributed by atoms with van der Waals surface area (Å²) in [5.41, 5.74) is 3.16. The number of halogens is 1. The van der Waals surface area contributed by atoms with Crippen LogP contribution in [0.15, 0.2) is 78.9 Å². The molecule has 0 spiro atoms. The summed E-state index contributed by atoms with van der Waals surface area (Å²) >= 11 is 6.47. The first-order valence-corrected chi connectivity index (χ1v) is 15.7. The fraction of sp³-hybridized carbons (Fsp3) is 0.355. The number of benzene rings is 3. The third kappa shape index (κ3) is 9.10. The summed E-state index contributed by atoms with van der Waals surface area (Å²) in [6, 6.07) is 23.3. The number of hydrogen-bond acceptors (Lipinski definition) is 4. The van der Waals surface area contributed by atoms with Crippen LogP contribution in [-0.2, 0) is 32.6 Å². The summed E-state index contributed by atoms with van der Waals surface area (Å²) in [5.74, 6) is -0.478. The summed E-state index contributed by atoms with van der Waals surface area (Å²) in [5, 5.41) is 3.47. The van der Waals surface area contributed by atoms with Gasteiger partial charge in [0.1, 0.15) is 6.04 Å². The highest BCUT2D eigenvalue weighted by Gasteiger charge is 2.30. The molecule has 3 rings (SSSR count). The van der Waals surface area contributed by atoms with Gasteiger partial charge in [0, 0.05) is 37.5 Å². The van der Waals surface area contributed by atoms with Crippen LogP contribution in [0.25, 0.3) is 0 Å². The molecule has 0 unspecified atom stereocenters. The molecule has 0 aliphatic rings. The Morgan fingerprint density at radius 2 is 1.68 bits per heavy atom. The summed E-state index contributed by atoms with van der Waals surface area (Å²) < 4.78 is 26.5. The minimum atomic E-state index is -3.56. The van der Waals surface area contributed by atoms with Gasteiger partial charge in [0.2, 0.25) is 21.8 Å². The highest BCUT2D eigenvalue weighted by molar-refractivity contribution is 7.92. The molecule has 7 nitrogen and oxygen atoms in total. The number of carbonyl (C=O) groups is 2. The Kier molecular flexibility index (Phi) is 11.6. The minimum Gasteiger partial charge on any atom is -0.354 e. The van der Waals surface area contributed by atoms with Crippen LogP contribution in [0.3, 0.4) is 0 Å². The van der Waals surface area contributed by atoms with E-state index in [0.29, 0.717) is 23.7 Å². The van der Waals surface area contributed by atoms with Crippen LogP contribution in [0.4, 0.5) is 5.69 Å². The van der Waals surface area contributed by atoms with Gasteiger partial charge in [-0.3, -0.25) is 13.9 Å². The van der Waals surface area contributed by atoms with Gasteiger partial charge in [-0.1, -0.05) is 79.2 Å². The molecule has 2 amide bonds. The highest BCUT2D eigenvalue weighted by Crippen LogP contribution is 2.23. The first-order chi connectivity index (χ1) is 19.1. The van der Waals surface area contributed by atoms with Crippen molar-refractivity contribution in [3.8, 4) is 0 Å². The molecule has 0 fully saturated rings. The molecule has 0 aromatic heterocycles. The van der Waals surface area contributed by atoms with Gasteiger partial charge in [-0.25, -0.2) is 8.42 Å². The Hall–Kier alpha value is -3.36. The molecule has 0 radical (unpaired) electrons. The molecule has 40 heavy (non-hydrogen) atoms. The van der Waals surface area contributed by atoms with Gasteiger partial charge in [-0.2, -0.15) is 0 Å². The quantitative estimate of drug-likeness (QED) is 0.277. The number of anilines is 1. The van der Waals surface area contributed by atoms with E-state index in [-0.39, 0.29) is 37.7 Å². The van der Waals surface area contributed by atoms with Crippen molar-refractivity contribution in [1.29, 1.82) is 0 Å². The fourth-order valence-corrected chi connectivity index (χ4v) is 5.67. The van der Waals surface area contributed by atoms with Crippen LogP contribution < -0.4 is 9.62 Å². The van der Waals surface area contributed by atoms with Crippen LogP contribution in [-0.4, -0.2) is 50.5 Å². The van der Waals surface area contributed by atoms with E-state index in [9.17, 15) is 18.0 Å². The largest absolute Gasteiger partial charge is 0.354 e. The van der Waals surface area contributed by atoms with Crippen molar-refractivity contribution in [2.45, 2.75) is 52.1 Å². The number of nitrogens with zero attached hydrogens (tertiary/aromatic N) is 2. The van der Waals surface area contributed by atoms with Crippen LogP contribution >= 0.6 is 11.6 Å². The van der Waals surface area contributed by atoms with Gasteiger partial charge >= 0.3 is 0 Å². The lowest BCUT2D eigenvalue weighted by molar-refractivity contribution is -0.141. The summed E-state index contributed by atoms with van der Waals surface area (Å²) in [4.78, 5) is 28.8. The third-order valence-corrected chi connectivity index (χ3v) is 8.12. The second kappa shape index (κ2) is 14.9. The second-order valence-corrected chi connectivity index (χ2v) is 12.2. The van der Waals surface area contributed by atoms with Crippen molar-refractivity contribution in [3.63, 3.8) is 0 Å². The van der Waals surface area contributed by atoms with Crippen LogP contribution in [0.5, 0.6) is 0 Å². The average Bonchev–Trinajstić information content (AvgIpc) is 2.92. The average molecular weight is 584 g/mol. The number of nitrogens with one attached hydrogen (secondary N) is 1. The lowest BCUT2D eigenvalue weighted by Gasteiger charge is -2.32. The van der Waals surface area contributed by atoms with Crippen LogP contribution in [0, 0.1) is 6.92 Å². The minimum absolute atomic E-state index is 0.0641. The summed E-state index contributed by atoms with van der Waals surface area (Å²) in [6.45, 7) is 4.66. The first kappa shape index (κ1) is 31.2. The molecule has 214 valence electrons. The Morgan fingerprint density at radius 1 is 0.975 bits per heavy atom. The maximum absolute atomic E-state index is 13.8. The maximum atomic E-state index is 13.8. The van der Waals surface area contributed by atoms with E-state index in [0.717, 1.165) is 29.4 Å². The molecule has 0 bridgehead atoms. The zero-order chi connectivity index (χ0) is 29.1. The Morgan fingerprint density at radius 3 is 2.33 bits per heavy atom. The molecule has 0 aliphatic heterocycles. The molecular weight excluding hydrogens is 546 g/mol. The standard InChI is InChI=1S/C31H38ClN3O4S/c1-4-19-33-31(37)29(22-25-13-6-5-7-14-25)34(23-26-15-8-9-17-28(26)32)30(36)18-11-20-35(40(3,38)39)27-16-10-12-24(2)21-27/h5-10,12-17,21,29H,4,11,18-20,22-23H2,1-3H3,(H,33,37)/t29-/m1/s1. The monoisotopic (exact) mass is 583 g/mol. The number of carbonyl (C=O) groups excluding carboxylic acids is 2. The van der Waals surface area contributed by atoms with E-state index in [1.54, 1.807) is 23.1 Å². The molecule has 1 atom stereocenters. The van der Waals surface area contributed by atoms with Gasteiger partial charge in [-0.05, 0) is 54.7 Å². The number of sulfonamides is 1. The normalized spacial score (nSPS) is 12.0. The fourth-order valence-electron chi connectivity index (χ4n) is 4.52. The number of hydrogen-bond donors (Lipinski definition) is 1. The van der Waals surface area contributed by atoms with Crippen molar-refractivity contribution in [3.05, 3.63) is 101 Å².